The number of para-hydroxylation sites is 1. The van der Waals surface area contributed by atoms with Crippen molar-refractivity contribution in [3.8, 4) is 0 Å². The molecule has 0 saturated carbocycles. The fourth-order valence-corrected chi connectivity index (χ4v) is 5.31. The molecule has 0 unspecified atom stereocenters. The largest absolute Gasteiger partial charge is 0.465 e. The molecule has 0 radical (unpaired) electrons. The van der Waals surface area contributed by atoms with E-state index in [1.54, 1.807) is 11.5 Å². The van der Waals surface area contributed by atoms with Gasteiger partial charge in [0, 0.05) is 0 Å². The zero-order valence-corrected chi connectivity index (χ0v) is 17.9. The fourth-order valence-electron chi connectivity index (χ4n) is 3.26. The maximum absolute atomic E-state index is 12.8. The molecule has 148 valence electrons. The molecule has 6 nitrogen and oxygen atoms in total. The second-order valence-electron chi connectivity index (χ2n) is 6.61. The molecule has 0 spiro atoms. The Morgan fingerprint density at radius 1 is 1.14 bits per heavy atom. The highest BCUT2D eigenvalue weighted by Crippen LogP contribution is 2.24. The molecular formula is C21H19N3O3S2. The number of carbonyl (C=O) groups is 2. The van der Waals surface area contributed by atoms with E-state index in [0.29, 0.717) is 16.4 Å². The van der Waals surface area contributed by atoms with Gasteiger partial charge in [0.15, 0.2) is 9.81 Å². The van der Waals surface area contributed by atoms with E-state index in [-0.39, 0.29) is 12.5 Å². The first kappa shape index (κ1) is 19.5. The summed E-state index contributed by atoms with van der Waals surface area (Å²) in [5.41, 5.74) is 3.81. The van der Waals surface area contributed by atoms with Crippen molar-refractivity contribution in [1.29, 1.82) is 0 Å². The van der Waals surface area contributed by atoms with Gasteiger partial charge in [-0.2, -0.15) is 4.99 Å². The molecule has 4 aromatic rings. The van der Waals surface area contributed by atoms with Crippen molar-refractivity contribution in [3.63, 3.8) is 0 Å². The van der Waals surface area contributed by atoms with Gasteiger partial charge in [-0.1, -0.05) is 29.5 Å². The smallest absolute Gasteiger partial charge is 0.326 e. The second-order valence-corrected chi connectivity index (χ2v) is 8.65. The Morgan fingerprint density at radius 3 is 2.69 bits per heavy atom. The van der Waals surface area contributed by atoms with Gasteiger partial charge in [-0.25, -0.2) is 4.98 Å². The van der Waals surface area contributed by atoms with E-state index in [2.05, 4.69) is 16.0 Å². The third kappa shape index (κ3) is 3.86. The van der Waals surface area contributed by atoms with Gasteiger partial charge in [-0.15, -0.1) is 11.3 Å². The van der Waals surface area contributed by atoms with Crippen LogP contribution in [0.2, 0.25) is 0 Å². The molecule has 2 heterocycles. The minimum Gasteiger partial charge on any atom is -0.465 e. The third-order valence-electron chi connectivity index (χ3n) is 4.38. The summed E-state index contributed by atoms with van der Waals surface area (Å²) in [5, 5.41) is 0.333. The summed E-state index contributed by atoms with van der Waals surface area (Å²) >= 11 is 2.70. The van der Waals surface area contributed by atoms with Gasteiger partial charge in [-0.3, -0.25) is 9.59 Å². The van der Waals surface area contributed by atoms with Gasteiger partial charge in [0.2, 0.25) is 0 Å². The lowest BCUT2D eigenvalue weighted by Crippen LogP contribution is -2.23. The van der Waals surface area contributed by atoms with Gasteiger partial charge in [-0.05, 0) is 50.1 Å². The number of hydrogen-bond acceptors (Lipinski definition) is 6. The minimum atomic E-state index is -0.412. The maximum atomic E-state index is 12.8. The van der Waals surface area contributed by atoms with E-state index in [1.807, 2.05) is 44.2 Å². The number of nitrogens with zero attached hydrogens (tertiary/aromatic N) is 3. The summed E-state index contributed by atoms with van der Waals surface area (Å²) in [5.74, 6) is -0.772. The number of carbonyl (C=O) groups excluding carboxylic acids is 2. The van der Waals surface area contributed by atoms with Crippen LogP contribution in [0.15, 0.2) is 41.4 Å². The Balaban J connectivity index is 1.85. The molecule has 2 aromatic carbocycles. The Morgan fingerprint density at radius 2 is 1.93 bits per heavy atom. The van der Waals surface area contributed by atoms with Gasteiger partial charge >= 0.3 is 11.9 Å². The molecule has 0 aliphatic carbocycles. The minimum absolute atomic E-state index is 0.00367. The topological polar surface area (TPSA) is 73.6 Å². The molecular weight excluding hydrogens is 406 g/mol. The van der Waals surface area contributed by atoms with Gasteiger partial charge in [0.25, 0.3) is 0 Å². The Hall–Kier alpha value is -2.84. The average Bonchev–Trinajstić information content (AvgIpc) is 3.23. The number of amides is 1. The number of ether oxygens (including phenoxy) is 1. The molecule has 0 aliphatic heterocycles. The summed E-state index contributed by atoms with van der Waals surface area (Å²) in [6.45, 7) is 6.08. The maximum Gasteiger partial charge on any atom is 0.326 e. The van der Waals surface area contributed by atoms with E-state index >= 15 is 0 Å². The van der Waals surface area contributed by atoms with Crippen LogP contribution in [0.25, 0.3) is 20.4 Å². The van der Waals surface area contributed by atoms with Crippen molar-refractivity contribution in [2.75, 3.05) is 6.61 Å². The van der Waals surface area contributed by atoms with Crippen molar-refractivity contribution in [2.24, 2.45) is 4.99 Å². The van der Waals surface area contributed by atoms with Crippen LogP contribution < -0.4 is 4.80 Å². The van der Waals surface area contributed by atoms with E-state index in [9.17, 15) is 9.59 Å². The molecule has 0 saturated heterocycles. The lowest BCUT2D eigenvalue weighted by molar-refractivity contribution is -0.143. The number of esters is 1. The van der Waals surface area contributed by atoms with E-state index in [1.165, 1.54) is 22.7 Å². The molecule has 29 heavy (non-hydrogen) atoms. The number of benzene rings is 2. The van der Waals surface area contributed by atoms with Crippen LogP contribution in [-0.4, -0.2) is 28.0 Å². The highest BCUT2D eigenvalue weighted by molar-refractivity contribution is 7.20. The summed E-state index contributed by atoms with van der Waals surface area (Å²) in [6.07, 6.45) is 0. The van der Waals surface area contributed by atoms with Crippen LogP contribution in [0.1, 0.15) is 27.9 Å². The molecule has 0 fully saturated rings. The standard InChI is InChI=1S/C21H19N3O3S2/c1-4-27-17(25)11-24-18-13(3)9-12(2)10-16(18)29-21(24)23-19(26)20-22-14-7-5-6-8-15(14)28-20/h5-10H,4,11H2,1-3H3. The molecule has 4 rings (SSSR count). The lowest BCUT2D eigenvalue weighted by atomic mass is 10.1. The van der Waals surface area contributed by atoms with Gasteiger partial charge in [0.1, 0.15) is 6.54 Å². The summed E-state index contributed by atoms with van der Waals surface area (Å²) in [4.78, 5) is 34.2. The van der Waals surface area contributed by atoms with E-state index in [4.69, 9.17) is 4.74 Å². The van der Waals surface area contributed by atoms with Crippen molar-refractivity contribution in [2.45, 2.75) is 27.3 Å². The first-order chi connectivity index (χ1) is 14.0. The van der Waals surface area contributed by atoms with Crippen LogP contribution >= 0.6 is 22.7 Å². The molecule has 8 heteroatoms. The van der Waals surface area contributed by atoms with Gasteiger partial charge in [0.05, 0.1) is 27.0 Å². The third-order valence-corrected chi connectivity index (χ3v) is 6.43. The number of thiazole rings is 2. The molecule has 0 bridgehead atoms. The van der Waals surface area contributed by atoms with Crippen LogP contribution in [0.3, 0.4) is 0 Å². The van der Waals surface area contributed by atoms with Crippen LogP contribution in [0.5, 0.6) is 0 Å². The number of aryl methyl sites for hydroxylation is 2. The average molecular weight is 426 g/mol. The molecule has 0 atom stereocenters. The second kappa shape index (κ2) is 7.88. The quantitative estimate of drug-likeness (QED) is 0.459. The van der Waals surface area contributed by atoms with Crippen LogP contribution in [-0.2, 0) is 16.1 Å². The number of hydrogen-bond donors (Lipinski definition) is 0. The van der Waals surface area contributed by atoms with E-state index in [0.717, 1.165) is 31.6 Å². The predicted molar refractivity (Wildman–Crippen MR) is 115 cm³/mol. The van der Waals surface area contributed by atoms with E-state index < -0.39 is 5.91 Å². The highest BCUT2D eigenvalue weighted by Gasteiger charge is 2.16. The Bertz CT molecular complexity index is 1280. The first-order valence-corrected chi connectivity index (χ1v) is 10.8. The SMILES string of the molecule is CCOC(=O)Cn1c(=NC(=O)c2nc3ccccc3s2)sc2cc(C)cc(C)c21. The summed E-state index contributed by atoms with van der Waals surface area (Å²) in [7, 11) is 0. The van der Waals surface area contributed by atoms with Crippen LogP contribution in [0.4, 0.5) is 0 Å². The zero-order valence-electron chi connectivity index (χ0n) is 16.3. The Labute approximate surface area is 175 Å². The number of aromatic nitrogens is 2. The Kier molecular flexibility index (Phi) is 5.29. The van der Waals surface area contributed by atoms with Crippen LogP contribution in [0, 0.1) is 13.8 Å². The normalized spacial score (nSPS) is 12.0. The number of rotatable bonds is 4. The summed E-state index contributed by atoms with van der Waals surface area (Å²) < 4.78 is 8.79. The fraction of sp³-hybridized carbons (Fsp3) is 0.238. The van der Waals surface area contributed by atoms with Crippen molar-refractivity contribution >= 4 is 55.0 Å². The predicted octanol–water partition coefficient (Wildman–Crippen LogP) is 4.23. The summed E-state index contributed by atoms with van der Waals surface area (Å²) in [6, 6.07) is 11.7. The van der Waals surface area contributed by atoms with Gasteiger partial charge < -0.3 is 9.30 Å². The van der Waals surface area contributed by atoms with Crippen molar-refractivity contribution in [3.05, 3.63) is 57.3 Å². The molecule has 2 aromatic heterocycles. The monoisotopic (exact) mass is 425 g/mol. The highest BCUT2D eigenvalue weighted by atomic mass is 32.1. The number of fused-ring (bicyclic) bond motifs is 2. The van der Waals surface area contributed by atoms with Crippen molar-refractivity contribution in [1.82, 2.24) is 9.55 Å². The van der Waals surface area contributed by atoms with Crippen molar-refractivity contribution < 1.29 is 14.3 Å². The lowest BCUT2D eigenvalue weighted by Gasteiger charge is -2.07. The zero-order chi connectivity index (χ0) is 20.5. The first-order valence-electron chi connectivity index (χ1n) is 9.17. The molecule has 0 N–H and O–H groups in total. The molecule has 0 aliphatic rings. The molecule has 1 amide bonds.